The molecule has 0 radical (unpaired) electrons. The molecule has 0 spiro atoms. The molecule has 212 valence electrons. The zero-order valence-electron chi connectivity index (χ0n) is 24.1. The molecule has 0 saturated carbocycles. The standard InChI is InChI=1S/C30H42N4O5/c1-29(2,3)38-27(36)23-13-15-33(16-14-23)26(35)22-10-8-21(9-11-22)24-19-34-18-20(7-12-25(34)32-24)17-31-28(37)39-30(4,5)6/h8-11,19-20,23H,7,12-18H2,1-6H3,(H,31,37). The van der Waals surface area contributed by atoms with Crippen LogP contribution in [0.5, 0.6) is 0 Å². The summed E-state index contributed by atoms with van der Waals surface area (Å²) in [7, 11) is 0. The van der Waals surface area contributed by atoms with Gasteiger partial charge < -0.3 is 24.3 Å². The van der Waals surface area contributed by atoms with Crippen molar-refractivity contribution in [2.24, 2.45) is 11.8 Å². The number of benzene rings is 1. The van der Waals surface area contributed by atoms with Gasteiger partial charge in [-0.3, -0.25) is 9.59 Å². The molecule has 1 unspecified atom stereocenters. The molecule has 1 aromatic heterocycles. The molecular formula is C30H42N4O5. The molecule has 1 aromatic carbocycles. The Kier molecular flexibility index (Phi) is 8.37. The first-order valence-corrected chi connectivity index (χ1v) is 13.9. The largest absolute Gasteiger partial charge is 0.460 e. The van der Waals surface area contributed by atoms with Gasteiger partial charge in [-0.1, -0.05) is 12.1 Å². The average molecular weight is 539 g/mol. The van der Waals surface area contributed by atoms with E-state index in [1.54, 1.807) is 0 Å². The van der Waals surface area contributed by atoms with Crippen LogP contribution in [0.15, 0.2) is 30.5 Å². The number of fused-ring (bicyclic) bond motifs is 1. The van der Waals surface area contributed by atoms with E-state index in [2.05, 4.69) is 9.88 Å². The van der Waals surface area contributed by atoms with Crippen molar-refractivity contribution in [2.75, 3.05) is 19.6 Å². The van der Waals surface area contributed by atoms with E-state index in [-0.39, 0.29) is 23.9 Å². The third-order valence-corrected chi connectivity index (χ3v) is 6.97. The third kappa shape index (κ3) is 7.83. The SMILES string of the molecule is CC(C)(C)OC(=O)NCC1CCc2nc(-c3ccc(C(=O)N4CCC(C(=O)OC(C)(C)C)CC4)cc3)cn2C1. The minimum absolute atomic E-state index is 0.0198. The molecule has 1 fully saturated rings. The van der Waals surface area contributed by atoms with E-state index in [0.29, 0.717) is 44.0 Å². The van der Waals surface area contributed by atoms with Crippen molar-refractivity contribution in [1.82, 2.24) is 19.8 Å². The number of alkyl carbamates (subject to hydrolysis) is 1. The highest BCUT2D eigenvalue weighted by molar-refractivity contribution is 5.94. The number of carbonyl (C=O) groups is 3. The van der Waals surface area contributed by atoms with Crippen LogP contribution >= 0.6 is 0 Å². The second-order valence-corrected chi connectivity index (χ2v) is 12.7. The van der Waals surface area contributed by atoms with Gasteiger partial charge >= 0.3 is 12.1 Å². The van der Waals surface area contributed by atoms with Crippen molar-refractivity contribution in [3.8, 4) is 11.3 Å². The summed E-state index contributed by atoms with van der Waals surface area (Å²) in [5.74, 6) is 0.995. The van der Waals surface area contributed by atoms with Crippen molar-refractivity contribution in [2.45, 2.75) is 85.0 Å². The smallest absolute Gasteiger partial charge is 0.407 e. The Morgan fingerprint density at radius 1 is 0.949 bits per heavy atom. The van der Waals surface area contributed by atoms with E-state index in [0.717, 1.165) is 36.5 Å². The molecule has 2 aliphatic rings. The van der Waals surface area contributed by atoms with Crippen LogP contribution in [0.4, 0.5) is 4.79 Å². The molecule has 3 heterocycles. The van der Waals surface area contributed by atoms with Crippen LogP contribution < -0.4 is 5.32 Å². The van der Waals surface area contributed by atoms with E-state index in [4.69, 9.17) is 14.5 Å². The van der Waals surface area contributed by atoms with Crippen molar-refractivity contribution in [1.29, 1.82) is 0 Å². The Morgan fingerprint density at radius 2 is 1.59 bits per heavy atom. The zero-order chi connectivity index (χ0) is 28.4. The highest BCUT2D eigenvalue weighted by Crippen LogP contribution is 2.27. The number of nitrogens with one attached hydrogen (secondary N) is 1. The van der Waals surface area contributed by atoms with Gasteiger partial charge in [0.05, 0.1) is 11.6 Å². The number of hydrogen-bond donors (Lipinski definition) is 1. The Labute approximate surface area is 231 Å². The molecule has 1 saturated heterocycles. The minimum atomic E-state index is -0.512. The van der Waals surface area contributed by atoms with E-state index in [1.807, 2.05) is 76.9 Å². The third-order valence-electron chi connectivity index (χ3n) is 6.97. The molecule has 2 aliphatic heterocycles. The molecule has 1 atom stereocenters. The van der Waals surface area contributed by atoms with Crippen LogP contribution in [-0.2, 0) is 27.2 Å². The lowest BCUT2D eigenvalue weighted by Gasteiger charge is -2.32. The van der Waals surface area contributed by atoms with E-state index >= 15 is 0 Å². The van der Waals surface area contributed by atoms with Crippen molar-refractivity contribution in [3.05, 3.63) is 41.9 Å². The summed E-state index contributed by atoms with van der Waals surface area (Å²) in [4.78, 5) is 44.1. The maximum absolute atomic E-state index is 13.1. The average Bonchev–Trinajstić information content (AvgIpc) is 3.29. The lowest BCUT2D eigenvalue weighted by molar-refractivity contribution is -0.161. The van der Waals surface area contributed by atoms with Crippen LogP contribution in [0.2, 0.25) is 0 Å². The monoisotopic (exact) mass is 538 g/mol. The zero-order valence-corrected chi connectivity index (χ0v) is 24.1. The number of aryl methyl sites for hydroxylation is 1. The lowest BCUT2D eigenvalue weighted by Crippen LogP contribution is -2.41. The maximum Gasteiger partial charge on any atom is 0.407 e. The Morgan fingerprint density at radius 3 is 2.21 bits per heavy atom. The van der Waals surface area contributed by atoms with Gasteiger partial charge in [-0.2, -0.15) is 0 Å². The molecule has 4 rings (SSSR count). The molecule has 39 heavy (non-hydrogen) atoms. The van der Waals surface area contributed by atoms with Gasteiger partial charge in [-0.05, 0) is 78.9 Å². The fourth-order valence-electron chi connectivity index (χ4n) is 5.03. The predicted octanol–water partition coefficient (Wildman–Crippen LogP) is 4.83. The minimum Gasteiger partial charge on any atom is -0.460 e. The second kappa shape index (κ2) is 11.4. The highest BCUT2D eigenvalue weighted by Gasteiger charge is 2.31. The topological polar surface area (TPSA) is 103 Å². The first kappa shape index (κ1) is 28.6. The summed E-state index contributed by atoms with van der Waals surface area (Å²) in [6.45, 7) is 13.6. The predicted molar refractivity (Wildman–Crippen MR) is 148 cm³/mol. The van der Waals surface area contributed by atoms with Crippen LogP contribution in [0, 0.1) is 11.8 Å². The van der Waals surface area contributed by atoms with Crippen LogP contribution in [0.25, 0.3) is 11.3 Å². The Balaban J connectivity index is 1.30. The molecule has 2 amide bonds. The Bertz CT molecular complexity index is 1180. The maximum atomic E-state index is 13.1. The van der Waals surface area contributed by atoms with Gasteiger partial charge in [-0.15, -0.1) is 0 Å². The molecule has 1 N–H and O–H groups in total. The number of ether oxygens (including phenoxy) is 2. The number of aromatic nitrogens is 2. The van der Waals surface area contributed by atoms with Gasteiger partial charge in [0, 0.05) is 49.9 Å². The number of rotatable bonds is 5. The summed E-state index contributed by atoms with van der Waals surface area (Å²) in [6, 6.07) is 7.58. The van der Waals surface area contributed by atoms with Gasteiger partial charge in [0.25, 0.3) is 5.91 Å². The molecule has 9 nitrogen and oxygen atoms in total. The number of carbonyl (C=O) groups excluding carboxylic acids is 3. The summed E-state index contributed by atoms with van der Waals surface area (Å²) < 4.78 is 13.0. The van der Waals surface area contributed by atoms with E-state index < -0.39 is 11.2 Å². The first-order chi connectivity index (χ1) is 18.3. The molecule has 2 aromatic rings. The van der Waals surface area contributed by atoms with Crippen LogP contribution in [-0.4, -0.2) is 63.3 Å². The van der Waals surface area contributed by atoms with Crippen LogP contribution in [0.3, 0.4) is 0 Å². The quantitative estimate of drug-likeness (QED) is 0.547. The summed E-state index contributed by atoms with van der Waals surface area (Å²) in [5, 5.41) is 2.88. The van der Waals surface area contributed by atoms with Gasteiger partial charge in [-0.25, -0.2) is 9.78 Å². The number of hydrogen-bond acceptors (Lipinski definition) is 6. The summed E-state index contributed by atoms with van der Waals surface area (Å²) in [6.07, 6.45) is 4.69. The summed E-state index contributed by atoms with van der Waals surface area (Å²) >= 11 is 0. The normalized spacial score (nSPS) is 18.3. The number of likely N-dealkylation sites (tertiary alicyclic amines) is 1. The van der Waals surface area contributed by atoms with Gasteiger partial charge in [0.15, 0.2) is 0 Å². The van der Waals surface area contributed by atoms with Gasteiger partial charge in [0.2, 0.25) is 0 Å². The van der Waals surface area contributed by atoms with Crippen molar-refractivity contribution >= 4 is 18.0 Å². The molecular weight excluding hydrogens is 496 g/mol. The summed E-state index contributed by atoms with van der Waals surface area (Å²) in [5.41, 5.74) is 1.46. The Hall–Kier alpha value is -3.36. The van der Waals surface area contributed by atoms with E-state index in [9.17, 15) is 14.4 Å². The number of piperidine rings is 1. The molecule has 0 bridgehead atoms. The first-order valence-electron chi connectivity index (χ1n) is 13.9. The number of esters is 1. The lowest BCUT2D eigenvalue weighted by atomic mass is 9.96. The van der Waals surface area contributed by atoms with Crippen molar-refractivity contribution < 1.29 is 23.9 Å². The van der Waals surface area contributed by atoms with Crippen molar-refractivity contribution in [3.63, 3.8) is 0 Å². The highest BCUT2D eigenvalue weighted by atomic mass is 16.6. The molecule has 9 heteroatoms. The van der Waals surface area contributed by atoms with Gasteiger partial charge in [0.1, 0.15) is 17.0 Å². The molecule has 0 aliphatic carbocycles. The fourth-order valence-corrected chi connectivity index (χ4v) is 5.03. The fraction of sp³-hybridized carbons (Fsp3) is 0.600. The van der Waals surface area contributed by atoms with E-state index in [1.165, 1.54) is 0 Å². The number of amides is 2. The number of nitrogens with zero attached hydrogens (tertiary/aromatic N) is 3. The number of imidazole rings is 1. The van der Waals surface area contributed by atoms with Crippen LogP contribution in [0.1, 0.15) is 77.0 Å². The second-order valence-electron chi connectivity index (χ2n) is 12.7.